The predicted molar refractivity (Wildman–Crippen MR) is 166 cm³/mol. The number of alkyl halides is 1. The first-order valence-electron chi connectivity index (χ1n) is 15.2. The summed E-state index contributed by atoms with van der Waals surface area (Å²) in [6, 6.07) is 10.2. The van der Waals surface area contributed by atoms with Gasteiger partial charge in [0, 0.05) is 47.4 Å². The number of hydrogen-bond acceptors (Lipinski definition) is 6. The Morgan fingerprint density at radius 1 is 1.05 bits per heavy atom. The smallest absolute Gasteiger partial charge is 0.319 e. The molecule has 6 nitrogen and oxygen atoms in total. The minimum atomic E-state index is -0.883. The van der Waals surface area contributed by atoms with Gasteiger partial charge in [0.1, 0.15) is 29.9 Å². The van der Waals surface area contributed by atoms with Crippen molar-refractivity contribution in [3.8, 4) is 22.9 Å². The molecule has 3 aromatic carbocycles. The van der Waals surface area contributed by atoms with E-state index in [2.05, 4.69) is 14.8 Å². The summed E-state index contributed by atoms with van der Waals surface area (Å²) < 4.78 is 37.6. The fourth-order valence-corrected chi connectivity index (χ4v) is 8.88. The Morgan fingerprint density at radius 2 is 1.86 bits per heavy atom. The summed E-state index contributed by atoms with van der Waals surface area (Å²) in [6.07, 6.45) is 4.95. The third-order valence-electron chi connectivity index (χ3n) is 10.2. The van der Waals surface area contributed by atoms with E-state index in [-0.39, 0.29) is 40.0 Å². The lowest BCUT2D eigenvalue weighted by molar-refractivity contribution is 0.107. The van der Waals surface area contributed by atoms with Gasteiger partial charge in [0.2, 0.25) is 0 Å². The molecule has 4 atom stereocenters. The van der Waals surface area contributed by atoms with E-state index in [0.29, 0.717) is 57.4 Å². The molecule has 4 heterocycles. The first-order chi connectivity index (χ1) is 20.8. The van der Waals surface area contributed by atoms with E-state index < -0.39 is 12.0 Å². The number of fused-ring (bicyclic) bond motifs is 5. The zero-order chi connectivity index (χ0) is 29.5. The SMILES string of the molecule is Oc1cc(-c2c(Cl)cc3c(N4CC5CCC(C5)C4)nc(OC[C@@]45CCCN4C[C@H](F)C5)nc3c2F)c2c(Cl)cccc2c1. The first kappa shape index (κ1) is 27.6. The number of rotatable bonds is 5. The number of phenols is 1. The lowest BCUT2D eigenvalue weighted by Crippen LogP contribution is -2.43. The number of benzene rings is 3. The molecule has 224 valence electrons. The van der Waals surface area contributed by atoms with Crippen LogP contribution in [0, 0.1) is 17.7 Å². The molecule has 2 unspecified atom stereocenters. The topological polar surface area (TPSA) is 61.7 Å². The molecular weight excluding hydrogens is 593 g/mol. The van der Waals surface area contributed by atoms with Gasteiger partial charge in [0.05, 0.1) is 10.6 Å². The van der Waals surface area contributed by atoms with E-state index in [0.717, 1.165) is 32.5 Å². The summed E-state index contributed by atoms with van der Waals surface area (Å²) in [5.74, 6) is 1.09. The van der Waals surface area contributed by atoms with Gasteiger partial charge in [-0.1, -0.05) is 35.3 Å². The number of halogens is 4. The van der Waals surface area contributed by atoms with Crippen LogP contribution in [0.3, 0.4) is 0 Å². The predicted octanol–water partition coefficient (Wildman–Crippen LogP) is 7.79. The van der Waals surface area contributed by atoms with Crippen molar-refractivity contribution in [1.29, 1.82) is 0 Å². The van der Waals surface area contributed by atoms with Crippen molar-refractivity contribution in [2.24, 2.45) is 11.8 Å². The maximum atomic E-state index is 16.9. The van der Waals surface area contributed by atoms with Gasteiger partial charge in [-0.3, -0.25) is 4.90 Å². The highest BCUT2D eigenvalue weighted by molar-refractivity contribution is 6.38. The second-order valence-electron chi connectivity index (χ2n) is 12.9. The van der Waals surface area contributed by atoms with Gasteiger partial charge in [0.25, 0.3) is 0 Å². The number of aromatic hydroxyl groups is 1. The summed E-state index contributed by atoms with van der Waals surface area (Å²) in [5.41, 5.74) is 0.192. The Morgan fingerprint density at radius 3 is 2.67 bits per heavy atom. The van der Waals surface area contributed by atoms with E-state index in [1.165, 1.54) is 25.3 Å². The van der Waals surface area contributed by atoms with Gasteiger partial charge >= 0.3 is 6.01 Å². The molecule has 3 saturated heterocycles. The van der Waals surface area contributed by atoms with Gasteiger partial charge in [-0.2, -0.15) is 9.97 Å². The second-order valence-corrected chi connectivity index (χ2v) is 13.7. The zero-order valence-corrected chi connectivity index (χ0v) is 25.1. The average Bonchev–Trinajstić information content (AvgIpc) is 3.62. The Bertz CT molecular complexity index is 1760. The molecule has 1 aromatic heterocycles. The van der Waals surface area contributed by atoms with Crippen molar-refractivity contribution < 1.29 is 18.6 Å². The van der Waals surface area contributed by atoms with E-state index in [1.807, 2.05) is 6.07 Å². The molecule has 10 heteroatoms. The normalized spacial score (nSPS) is 27.0. The third-order valence-corrected chi connectivity index (χ3v) is 10.8. The minimum Gasteiger partial charge on any atom is -0.508 e. The molecule has 0 amide bonds. The first-order valence-corrected chi connectivity index (χ1v) is 15.9. The maximum absolute atomic E-state index is 16.9. The van der Waals surface area contributed by atoms with Crippen LogP contribution < -0.4 is 9.64 Å². The summed E-state index contributed by atoms with van der Waals surface area (Å²) >= 11 is 13.5. The number of ether oxygens (including phenoxy) is 1. The van der Waals surface area contributed by atoms with Gasteiger partial charge in [-0.15, -0.1) is 0 Å². The van der Waals surface area contributed by atoms with Crippen molar-refractivity contribution in [2.45, 2.75) is 50.2 Å². The van der Waals surface area contributed by atoms with Crippen molar-refractivity contribution in [2.75, 3.05) is 37.7 Å². The van der Waals surface area contributed by atoms with Crippen LogP contribution >= 0.6 is 23.2 Å². The monoisotopic (exact) mass is 624 g/mol. The summed E-state index contributed by atoms with van der Waals surface area (Å²) in [6.45, 7) is 3.18. The van der Waals surface area contributed by atoms with Crippen LogP contribution in [0.15, 0.2) is 36.4 Å². The molecular formula is C33H32Cl2F2N4O2. The molecule has 0 spiro atoms. The second kappa shape index (κ2) is 10.3. The van der Waals surface area contributed by atoms with Crippen LogP contribution in [-0.4, -0.2) is 64.5 Å². The van der Waals surface area contributed by atoms with Crippen LogP contribution in [0.1, 0.15) is 38.5 Å². The minimum absolute atomic E-state index is 0.0281. The molecule has 0 radical (unpaired) electrons. The van der Waals surface area contributed by atoms with Crippen LogP contribution in [-0.2, 0) is 0 Å². The van der Waals surface area contributed by atoms with Crippen LogP contribution in [0.25, 0.3) is 32.8 Å². The molecule has 4 fully saturated rings. The number of piperidine rings is 1. The molecule has 1 N–H and O–H groups in total. The summed E-state index contributed by atoms with van der Waals surface area (Å²) in [7, 11) is 0. The fourth-order valence-electron chi connectivity index (χ4n) is 8.30. The maximum Gasteiger partial charge on any atom is 0.319 e. The van der Waals surface area contributed by atoms with Crippen LogP contribution in [0.4, 0.5) is 14.6 Å². The number of aromatic nitrogens is 2. The van der Waals surface area contributed by atoms with Gasteiger partial charge < -0.3 is 14.7 Å². The number of nitrogens with zero attached hydrogens (tertiary/aromatic N) is 4. The van der Waals surface area contributed by atoms with Gasteiger partial charge in [0.15, 0.2) is 5.82 Å². The highest BCUT2D eigenvalue weighted by atomic mass is 35.5. The van der Waals surface area contributed by atoms with E-state index in [4.69, 9.17) is 32.9 Å². The summed E-state index contributed by atoms with van der Waals surface area (Å²) in [5, 5.41) is 12.9. The molecule has 1 saturated carbocycles. The standard InChI is InChI=1S/C33H32Cl2F2N4O2/c34-25-4-1-3-20-10-22(42)11-23(27(20)25)28-26(35)12-24-30(29(28)37)38-32(39-31(24)40-14-18-5-6-19(9-18)15-40)43-17-33-7-2-8-41(33)16-21(36)13-33/h1,3-4,10-12,18-19,21,42H,2,5-9,13-17H2/t18?,19?,21-,33+/m1/s1. The molecule has 4 aliphatic rings. The molecule has 4 aromatic rings. The molecule has 2 bridgehead atoms. The van der Waals surface area contributed by atoms with Crippen molar-refractivity contribution >= 4 is 50.7 Å². The lowest BCUT2D eigenvalue weighted by atomic mass is 9.95. The largest absolute Gasteiger partial charge is 0.508 e. The van der Waals surface area contributed by atoms with Crippen molar-refractivity contribution in [1.82, 2.24) is 14.9 Å². The highest BCUT2D eigenvalue weighted by Gasteiger charge is 2.49. The molecule has 8 rings (SSSR count). The number of phenolic OH excluding ortho intramolecular Hbond substituents is 1. The van der Waals surface area contributed by atoms with Crippen molar-refractivity contribution in [3.63, 3.8) is 0 Å². The van der Waals surface area contributed by atoms with E-state index in [1.54, 1.807) is 24.3 Å². The van der Waals surface area contributed by atoms with E-state index >= 15 is 4.39 Å². The van der Waals surface area contributed by atoms with Crippen LogP contribution in [0.2, 0.25) is 10.0 Å². The quantitative estimate of drug-likeness (QED) is 0.244. The molecule has 3 aliphatic heterocycles. The van der Waals surface area contributed by atoms with Gasteiger partial charge in [-0.25, -0.2) is 8.78 Å². The zero-order valence-electron chi connectivity index (χ0n) is 23.6. The fraction of sp³-hybridized carbons (Fsp3) is 0.455. The lowest BCUT2D eigenvalue weighted by Gasteiger charge is -2.34. The highest BCUT2D eigenvalue weighted by Crippen LogP contribution is 2.46. The summed E-state index contributed by atoms with van der Waals surface area (Å²) in [4.78, 5) is 13.9. The van der Waals surface area contributed by atoms with Crippen LogP contribution in [0.5, 0.6) is 11.8 Å². The Balaban J connectivity index is 1.28. The van der Waals surface area contributed by atoms with Crippen molar-refractivity contribution in [3.05, 3.63) is 52.3 Å². The Labute approximate surface area is 258 Å². The Kier molecular flexibility index (Phi) is 6.62. The molecule has 1 aliphatic carbocycles. The Hall–Kier alpha value is -2.94. The molecule has 43 heavy (non-hydrogen) atoms. The number of hydrogen-bond donors (Lipinski definition) is 1. The number of anilines is 1. The average molecular weight is 626 g/mol. The van der Waals surface area contributed by atoms with E-state index in [9.17, 15) is 9.50 Å². The van der Waals surface area contributed by atoms with Gasteiger partial charge in [-0.05, 0) is 85.7 Å². The third kappa shape index (κ3) is 4.59.